The van der Waals surface area contributed by atoms with Crippen LogP contribution in [-0.4, -0.2) is 5.11 Å². The summed E-state index contributed by atoms with van der Waals surface area (Å²) in [5, 5.41) is 10.3. The lowest BCUT2D eigenvalue weighted by atomic mass is 10.1. The van der Waals surface area contributed by atoms with Crippen molar-refractivity contribution in [2.24, 2.45) is 0 Å². The Morgan fingerprint density at radius 2 is 1.90 bits per heavy atom. The van der Waals surface area contributed by atoms with E-state index in [0.717, 1.165) is 5.56 Å². The summed E-state index contributed by atoms with van der Waals surface area (Å²) in [7, 11) is 0. The van der Waals surface area contributed by atoms with Gasteiger partial charge in [-0.1, -0.05) is 35.3 Å². The van der Waals surface area contributed by atoms with Crippen LogP contribution in [0.15, 0.2) is 36.4 Å². The lowest BCUT2D eigenvalue weighted by molar-refractivity contribution is 0.198. The van der Waals surface area contributed by atoms with Crippen LogP contribution in [-0.2, 0) is 6.61 Å². The second-order valence-corrected chi connectivity index (χ2v) is 5.22. The average molecular weight is 315 g/mol. The summed E-state index contributed by atoms with van der Waals surface area (Å²) >= 11 is 11.7. The third-order valence-electron chi connectivity index (χ3n) is 2.82. The first-order chi connectivity index (χ1) is 9.47. The van der Waals surface area contributed by atoms with Gasteiger partial charge in [-0.05, 0) is 42.3 Å². The van der Waals surface area contributed by atoms with Gasteiger partial charge in [-0.2, -0.15) is 0 Å². The van der Waals surface area contributed by atoms with E-state index in [0.29, 0.717) is 15.6 Å². The van der Waals surface area contributed by atoms with Crippen LogP contribution in [0.5, 0.6) is 5.75 Å². The lowest BCUT2D eigenvalue weighted by Crippen LogP contribution is -1.99. The Balaban J connectivity index is 2.09. The number of halogens is 3. The fraction of sp³-hybridized carbons (Fsp3) is 0.200. The van der Waals surface area contributed by atoms with E-state index in [2.05, 4.69) is 0 Å². The molecule has 106 valence electrons. The zero-order valence-electron chi connectivity index (χ0n) is 10.7. The van der Waals surface area contributed by atoms with E-state index >= 15 is 0 Å². The van der Waals surface area contributed by atoms with Gasteiger partial charge >= 0.3 is 0 Å². The van der Waals surface area contributed by atoms with Gasteiger partial charge in [-0.15, -0.1) is 0 Å². The fourth-order valence-corrected chi connectivity index (χ4v) is 2.01. The van der Waals surface area contributed by atoms with E-state index in [1.165, 1.54) is 12.1 Å². The summed E-state index contributed by atoms with van der Waals surface area (Å²) in [6, 6.07) is 9.47. The summed E-state index contributed by atoms with van der Waals surface area (Å²) in [6.45, 7) is 1.76. The summed E-state index contributed by atoms with van der Waals surface area (Å²) in [4.78, 5) is 0. The lowest BCUT2D eigenvalue weighted by Gasteiger charge is -2.10. The van der Waals surface area contributed by atoms with Crippen molar-refractivity contribution in [3.8, 4) is 5.75 Å². The highest BCUT2D eigenvalue weighted by atomic mass is 35.5. The number of rotatable bonds is 4. The molecule has 0 amide bonds. The van der Waals surface area contributed by atoms with Crippen molar-refractivity contribution in [2.75, 3.05) is 0 Å². The third-order valence-corrected chi connectivity index (χ3v) is 3.56. The Hall–Kier alpha value is -1.29. The molecule has 0 spiro atoms. The number of aliphatic hydroxyl groups excluding tert-OH is 1. The molecule has 0 heterocycles. The highest BCUT2D eigenvalue weighted by Crippen LogP contribution is 2.25. The van der Waals surface area contributed by atoms with Crippen LogP contribution in [0, 0.1) is 5.82 Å². The predicted octanol–water partition coefficient (Wildman–Crippen LogP) is 4.76. The van der Waals surface area contributed by atoms with Gasteiger partial charge < -0.3 is 9.84 Å². The number of benzene rings is 2. The van der Waals surface area contributed by atoms with Crippen molar-refractivity contribution in [2.45, 2.75) is 19.6 Å². The Kier molecular flexibility index (Phi) is 4.86. The summed E-state index contributed by atoms with van der Waals surface area (Å²) in [6.07, 6.45) is -0.714. The Bertz CT molecular complexity index is 615. The van der Waals surface area contributed by atoms with E-state index in [-0.39, 0.29) is 12.4 Å². The van der Waals surface area contributed by atoms with Crippen molar-refractivity contribution in [3.63, 3.8) is 0 Å². The highest BCUT2D eigenvalue weighted by Gasteiger charge is 2.08. The fourth-order valence-electron chi connectivity index (χ4n) is 1.68. The highest BCUT2D eigenvalue weighted by molar-refractivity contribution is 6.42. The maximum absolute atomic E-state index is 13.8. The van der Waals surface area contributed by atoms with Crippen LogP contribution < -0.4 is 4.74 Å². The molecule has 0 fully saturated rings. The molecule has 0 aromatic heterocycles. The quantitative estimate of drug-likeness (QED) is 0.881. The van der Waals surface area contributed by atoms with Crippen LogP contribution in [0.1, 0.15) is 24.2 Å². The van der Waals surface area contributed by atoms with E-state index in [9.17, 15) is 9.50 Å². The van der Waals surface area contributed by atoms with Crippen LogP contribution in [0.4, 0.5) is 4.39 Å². The number of hydrogen-bond acceptors (Lipinski definition) is 2. The van der Waals surface area contributed by atoms with Gasteiger partial charge in [0, 0.05) is 0 Å². The Morgan fingerprint density at radius 3 is 2.50 bits per heavy atom. The van der Waals surface area contributed by atoms with E-state index in [1.54, 1.807) is 31.2 Å². The zero-order chi connectivity index (χ0) is 14.7. The van der Waals surface area contributed by atoms with Crippen molar-refractivity contribution in [3.05, 3.63) is 63.4 Å². The second kappa shape index (κ2) is 6.44. The van der Waals surface area contributed by atoms with Crippen molar-refractivity contribution in [1.29, 1.82) is 0 Å². The molecule has 0 saturated carbocycles. The smallest absolute Gasteiger partial charge is 0.165 e. The van der Waals surface area contributed by atoms with Crippen molar-refractivity contribution >= 4 is 23.2 Å². The first kappa shape index (κ1) is 15.1. The van der Waals surface area contributed by atoms with E-state index in [4.69, 9.17) is 27.9 Å². The second-order valence-electron chi connectivity index (χ2n) is 4.40. The molecule has 0 aliphatic rings. The molecule has 0 aliphatic carbocycles. The molecular weight excluding hydrogens is 302 g/mol. The minimum atomic E-state index is -0.714. The topological polar surface area (TPSA) is 29.5 Å². The molecule has 0 radical (unpaired) electrons. The third kappa shape index (κ3) is 3.63. The molecule has 0 aliphatic heterocycles. The summed E-state index contributed by atoms with van der Waals surface area (Å²) in [5.41, 5.74) is 1.29. The van der Waals surface area contributed by atoms with Crippen molar-refractivity contribution < 1.29 is 14.2 Å². The molecule has 1 atom stereocenters. The van der Waals surface area contributed by atoms with Crippen LogP contribution >= 0.6 is 23.2 Å². The molecule has 2 aromatic carbocycles. The molecule has 2 rings (SSSR count). The SMILES string of the molecule is C[C@H](O)c1ccc(OCc2ccc(Cl)c(Cl)c2)c(F)c1. The van der Waals surface area contributed by atoms with Gasteiger partial charge in [0.1, 0.15) is 6.61 Å². The van der Waals surface area contributed by atoms with Gasteiger partial charge in [0.25, 0.3) is 0 Å². The van der Waals surface area contributed by atoms with Gasteiger partial charge in [-0.25, -0.2) is 4.39 Å². The normalized spacial score (nSPS) is 12.2. The molecule has 2 nitrogen and oxygen atoms in total. The van der Waals surface area contributed by atoms with Gasteiger partial charge in [-0.3, -0.25) is 0 Å². The largest absolute Gasteiger partial charge is 0.486 e. The maximum atomic E-state index is 13.8. The van der Waals surface area contributed by atoms with Crippen molar-refractivity contribution in [1.82, 2.24) is 0 Å². The Morgan fingerprint density at radius 1 is 1.15 bits per heavy atom. The molecule has 0 bridgehead atoms. The molecule has 20 heavy (non-hydrogen) atoms. The van der Waals surface area contributed by atoms with Crippen LogP contribution in [0.25, 0.3) is 0 Å². The molecule has 1 N–H and O–H groups in total. The van der Waals surface area contributed by atoms with E-state index in [1.807, 2.05) is 0 Å². The summed E-state index contributed by atoms with van der Waals surface area (Å²) < 4.78 is 19.2. The summed E-state index contributed by atoms with van der Waals surface area (Å²) in [5.74, 6) is -0.385. The monoisotopic (exact) mass is 314 g/mol. The molecule has 0 saturated heterocycles. The predicted molar refractivity (Wildman–Crippen MR) is 77.8 cm³/mol. The molecule has 2 aromatic rings. The average Bonchev–Trinajstić information content (AvgIpc) is 2.41. The van der Waals surface area contributed by atoms with Gasteiger partial charge in [0.2, 0.25) is 0 Å². The van der Waals surface area contributed by atoms with Gasteiger partial charge in [0.05, 0.1) is 16.1 Å². The number of hydrogen-bond donors (Lipinski definition) is 1. The first-order valence-corrected chi connectivity index (χ1v) is 6.77. The number of ether oxygens (including phenoxy) is 1. The van der Waals surface area contributed by atoms with Gasteiger partial charge in [0.15, 0.2) is 11.6 Å². The Labute approximate surface area is 126 Å². The minimum absolute atomic E-state index is 0.125. The standard InChI is InChI=1S/C15H13Cl2FO2/c1-9(19)11-3-5-15(14(18)7-11)20-8-10-2-4-12(16)13(17)6-10/h2-7,9,19H,8H2,1H3/t9-/m0/s1. The maximum Gasteiger partial charge on any atom is 0.165 e. The first-order valence-electron chi connectivity index (χ1n) is 6.01. The number of aliphatic hydroxyl groups is 1. The minimum Gasteiger partial charge on any atom is -0.486 e. The zero-order valence-corrected chi connectivity index (χ0v) is 12.2. The van der Waals surface area contributed by atoms with Crippen LogP contribution in [0.2, 0.25) is 10.0 Å². The van der Waals surface area contributed by atoms with Crippen LogP contribution in [0.3, 0.4) is 0 Å². The van der Waals surface area contributed by atoms with E-state index < -0.39 is 11.9 Å². The molecule has 0 unspecified atom stereocenters. The molecule has 5 heteroatoms. The molecular formula is C15H13Cl2FO2.